The Morgan fingerprint density at radius 2 is 2.00 bits per heavy atom. The fraction of sp³-hybridized carbons (Fsp3) is 1.00. The Bertz CT molecular complexity index is 93.1. The summed E-state index contributed by atoms with van der Waals surface area (Å²) in [7, 11) is 0. The largest absolute Gasteiger partial charge is 0.300 e. The van der Waals surface area contributed by atoms with E-state index >= 15 is 0 Å². The first-order chi connectivity index (χ1) is 4.14. The van der Waals surface area contributed by atoms with Crippen molar-refractivity contribution in [1.82, 2.24) is 4.90 Å². The Labute approximate surface area is 55.8 Å². The van der Waals surface area contributed by atoms with Crippen molar-refractivity contribution in [2.45, 2.75) is 13.8 Å². The first kappa shape index (κ1) is 7.00. The van der Waals surface area contributed by atoms with Gasteiger partial charge in [-0.3, -0.25) is 4.90 Å². The van der Waals surface area contributed by atoms with Crippen LogP contribution in [0.15, 0.2) is 0 Å². The summed E-state index contributed by atoms with van der Waals surface area (Å²) in [6, 6.07) is 0. The number of rotatable bonds is 2. The highest BCUT2D eigenvalue weighted by Gasteiger charge is 2.33. The Kier molecular flexibility index (Phi) is 1.75. The third-order valence-electron chi connectivity index (χ3n) is 1.70. The van der Waals surface area contributed by atoms with Gasteiger partial charge in [-0.05, 0) is 5.41 Å². The topological polar surface area (TPSA) is 3.24 Å². The maximum Gasteiger partial charge on any atom is 0.102 e. The monoisotopic (exact) mass is 131 g/mol. The van der Waals surface area contributed by atoms with Crippen LogP contribution in [-0.2, 0) is 0 Å². The molecule has 0 bridgehead atoms. The fourth-order valence-corrected chi connectivity index (χ4v) is 1.44. The molecule has 0 aromatic carbocycles. The van der Waals surface area contributed by atoms with Crippen molar-refractivity contribution in [2.75, 3.05) is 26.3 Å². The molecule has 9 heavy (non-hydrogen) atoms. The van der Waals surface area contributed by atoms with Gasteiger partial charge in [0.25, 0.3) is 0 Å². The molecule has 1 nitrogen and oxygen atoms in total. The molecule has 0 aromatic rings. The zero-order valence-electron chi connectivity index (χ0n) is 6.15. The molecule has 0 N–H and O–H groups in total. The van der Waals surface area contributed by atoms with Crippen molar-refractivity contribution in [3.05, 3.63) is 0 Å². The summed E-state index contributed by atoms with van der Waals surface area (Å²) in [6.07, 6.45) is 0. The predicted molar refractivity (Wildman–Crippen MR) is 36.2 cm³/mol. The minimum Gasteiger partial charge on any atom is -0.300 e. The van der Waals surface area contributed by atoms with Crippen molar-refractivity contribution >= 4 is 0 Å². The SMILES string of the molecule is CC1(C)CN(CCF)C1. The molecule has 2 heteroatoms. The van der Waals surface area contributed by atoms with Crippen LogP contribution in [0.1, 0.15) is 13.8 Å². The Morgan fingerprint density at radius 3 is 2.33 bits per heavy atom. The lowest BCUT2D eigenvalue weighted by molar-refractivity contribution is 0.0269. The number of hydrogen-bond donors (Lipinski definition) is 0. The van der Waals surface area contributed by atoms with Gasteiger partial charge in [-0.1, -0.05) is 13.8 Å². The lowest BCUT2D eigenvalue weighted by atomic mass is 9.85. The molecule has 0 amide bonds. The summed E-state index contributed by atoms with van der Waals surface area (Å²) in [5, 5.41) is 0. The average Bonchev–Trinajstić information content (AvgIpc) is 1.62. The number of alkyl halides is 1. The van der Waals surface area contributed by atoms with Gasteiger partial charge in [0, 0.05) is 19.6 Å². The second-order valence-electron chi connectivity index (χ2n) is 3.56. The molecular formula is C7H14FN. The van der Waals surface area contributed by atoms with Gasteiger partial charge in [0.05, 0.1) is 0 Å². The van der Waals surface area contributed by atoms with Gasteiger partial charge in [0.15, 0.2) is 0 Å². The van der Waals surface area contributed by atoms with Gasteiger partial charge in [-0.2, -0.15) is 0 Å². The smallest absolute Gasteiger partial charge is 0.102 e. The van der Waals surface area contributed by atoms with E-state index in [1.54, 1.807) is 0 Å². The zero-order valence-corrected chi connectivity index (χ0v) is 6.15. The van der Waals surface area contributed by atoms with Gasteiger partial charge >= 0.3 is 0 Å². The standard InChI is InChI=1S/C7H14FN/c1-7(2)5-9(6-7)4-3-8/h3-6H2,1-2H3. The quantitative estimate of drug-likeness (QED) is 0.546. The highest BCUT2D eigenvalue weighted by molar-refractivity contribution is 4.86. The Balaban J connectivity index is 2.12. The summed E-state index contributed by atoms with van der Waals surface area (Å²) in [6.45, 7) is 6.98. The zero-order chi connectivity index (χ0) is 6.91. The minimum absolute atomic E-state index is 0.198. The molecule has 1 fully saturated rings. The number of likely N-dealkylation sites (tertiary alicyclic amines) is 1. The minimum atomic E-state index is -0.198. The van der Waals surface area contributed by atoms with Crippen molar-refractivity contribution in [3.63, 3.8) is 0 Å². The van der Waals surface area contributed by atoms with E-state index in [0.717, 1.165) is 13.1 Å². The molecule has 1 saturated heterocycles. The van der Waals surface area contributed by atoms with Gasteiger partial charge in [-0.25, -0.2) is 4.39 Å². The van der Waals surface area contributed by atoms with Crippen LogP contribution in [0.25, 0.3) is 0 Å². The molecule has 1 aliphatic heterocycles. The van der Waals surface area contributed by atoms with Crippen molar-refractivity contribution in [3.8, 4) is 0 Å². The number of nitrogens with zero attached hydrogens (tertiary/aromatic N) is 1. The van der Waals surface area contributed by atoms with Crippen LogP contribution in [0.5, 0.6) is 0 Å². The molecule has 0 radical (unpaired) electrons. The third kappa shape index (κ3) is 1.65. The van der Waals surface area contributed by atoms with Gasteiger partial charge in [0.2, 0.25) is 0 Å². The van der Waals surface area contributed by atoms with Crippen LogP contribution >= 0.6 is 0 Å². The highest BCUT2D eigenvalue weighted by Crippen LogP contribution is 2.27. The van der Waals surface area contributed by atoms with Gasteiger partial charge < -0.3 is 0 Å². The van der Waals surface area contributed by atoms with E-state index in [1.165, 1.54) is 0 Å². The maximum absolute atomic E-state index is 11.7. The molecule has 0 saturated carbocycles. The summed E-state index contributed by atoms with van der Waals surface area (Å²) in [4.78, 5) is 2.14. The molecule has 0 unspecified atom stereocenters. The molecule has 54 valence electrons. The summed E-state index contributed by atoms with van der Waals surface area (Å²) >= 11 is 0. The van der Waals surface area contributed by atoms with Crippen molar-refractivity contribution < 1.29 is 4.39 Å². The molecule has 1 aliphatic rings. The van der Waals surface area contributed by atoms with E-state index in [0.29, 0.717) is 12.0 Å². The fourth-order valence-electron chi connectivity index (χ4n) is 1.44. The lowest BCUT2D eigenvalue weighted by Gasteiger charge is -2.45. The summed E-state index contributed by atoms with van der Waals surface area (Å²) in [5.74, 6) is 0. The van der Waals surface area contributed by atoms with E-state index in [4.69, 9.17) is 0 Å². The normalized spacial score (nSPS) is 25.7. The van der Waals surface area contributed by atoms with Gasteiger partial charge in [0.1, 0.15) is 6.67 Å². The van der Waals surface area contributed by atoms with E-state index in [-0.39, 0.29) is 6.67 Å². The van der Waals surface area contributed by atoms with E-state index in [1.807, 2.05) is 0 Å². The average molecular weight is 131 g/mol. The lowest BCUT2D eigenvalue weighted by Crippen LogP contribution is -2.53. The summed E-state index contributed by atoms with van der Waals surface area (Å²) in [5.41, 5.74) is 0.454. The molecule has 1 rings (SSSR count). The molecular weight excluding hydrogens is 117 g/mol. The first-order valence-corrected chi connectivity index (χ1v) is 3.42. The van der Waals surface area contributed by atoms with Crippen molar-refractivity contribution in [1.29, 1.82) is 0 Å². The van der Waals surface area contributed by atoms with Crippen molar-refractivity contribution in [2.24, 2.45) is 5.41 Å². The molecule has 0 atom stereocenters. The van der Waals surface area contributed by atoms with E-state index < -0.39 is 0 Å². The van der Waals surface area contributed by atoms with Crippen LogP contribution in [0.2, 0.25) is 0 Å². The first-order valence-electron chi connectivity index (χ1n) is 3.42. The van der Waals surface area contributed by atoms with E-state index in [2.05, 4.69) is 18.7 Å². The number of hydrogen-bond acceptors (Lipinski definition) is 1. The van der Waals surface area contributed by atoms with E-state index in [9.17, 15) is 4.39 Å². The van der Waals surface area contributed by atoms with Crippen LogP contribution in [-0.4, -0.2) is 31.2 Å². The molecule has 0 aliphatic carbocycles. The maximum atomic E-state index is 11.7. The number of halogens is 1. The van der Waals surface area contributed by atoms with Crippen LogP contribution in [0.4, 0.5) is 4.39 Å². The third-order valence-corrected chi connectivity index (χ3v) is 1.70. The Morgan fingerprint density at radius 1 is 1.44 bits per heavy atom. The highest BCUT2D eigenvalue weighted by atomic mass is 19.1. The van der Waals surface area contributed by atoms with Crippen LogP contribution in [0.3, 0.4) is 0 Å². The summed E-state index contributed by atoms with van der Waals surface area (Å²) < 4.78 is 11.7. The van der Waals surface area contributed by atoms with Crippen LogP contribution in [0, 0.1) is 5.41 Å². The molecule has 0 spiro atoms. The van der Waals surface area contributed by atoms with Crippen LogP contribution < -0.4 is 0 Å². The predicted octanol–water partition coefficient (Wildman–Crippen LogP) is 1.30. The molecule has 0 aromatic heterocycles. The second kappa shape index (κ2) is 2.25. The molecule has 1 heterocycles. The Hall–Kier alpha value is -0.110. The second-order valence-corrected chi connectivity index (χ2v) is 3.56. The van der Waals surface area contributed by atoms with Gasteiger partial charge in [-0.15, -0.1) is 0 Å².